The van der Waals surface area contributed by atoms with Gasteiger partial charge in [0, 0.05) is 18.8 Å². The Hall–Kier alpha value is -1.60. The highest BCUT2D eigenvalue weighted by Crippen LogP contribution is 2.07. The quantitative estimate of drug-likeness (QED) is 0.762. The van der Waals surface area contributed by atoms with Gasteiger partial charge in [0.25, 0.3) is 0 Å². The van der Waals surface area contributed by atoms with Gasteiger partial charge in [-0.3, -0.25) is 0 Å². The lowest BCUT2D eigenvalue weighted by Gasteiger charge is -2.16. The summed E-state index contributed by atoms with van der Waals surface area (Å²) in [5.74, 6) is 0.776. The van der Waals surface area contributed by atoms with E-state index in [0.29, 0.717) is 12.1 Å². The van der Waals surface area contributed by atoms with Crippen LogP contribution in [0.15, 0.2) is 18.3 Å². The molecule has 0 aliphatic carbocycles. The van der Waals surface area contributed by atoms with Gasteiger partial charge in [-0.1, -0.05) is 13.3 Å². The predicted molar refractivity (Wildman–Crippen MR) is 60.3 cm³/mol. The Morgan fingerprint density at radius 3 is 2.87 bits per heavy atom. The Kier molecular flexibility index (Phi) is 4.58. The molecular weight excluding hydrogens is 188 g/mol. The maximum atomic E-state index is 8.61. The van der Waals surface area contributed by atoms with Crippen molar-refractivity contribution in [2.45, 2.75) is 25.8 Å². The van der Waals surface area contributed by atoms with Gasteiger partial charge < -0.3 is 11.1 Å². The van der Waals surface area contributed by atoms with Crippen LogP contribution in [0.3, 0.4) is 0 Å². The van der Waals surface area contributed by atoms with Crippen molar-refractivity contribution in [3.63, 3.8) is 0 Å². The Bertz CT molecular complexity index is 325. The molecule has 1 atom stereocenters. The van der Waals surface area contributed by atoms with Crippen LogP contribution in [0.1, 0.15) is 25.3 Å². The SMILES string of the molecule is CCCC(CN)Nc1ccc(C#N)cn1. The fraction of sp³-hybridized carbons (Fsp3) is 0.455. The van der Waals surface area contributed by atoms with Crippen molar-refractivity contribution in [1.82, 2.24) is 4.98 Å². The van der Waals surface area contributed by atoms with Crippen LogP contribution >= 0.6 is 0 Å². The second kappa shape index (κ2) is 5.99. The molecule has 0 aliphatic rings. The number of rotatable bonds is 5. The number of pyridine rings is 1. The van der Waals surface area contributed by atoms with E-state index < -0.39 is 0 Å². The zero-order valence-corrected chi connectivity index (χ0v) is 8.90. The average molecular weight is 204 g/mol. The van der Waals surface area contributed by atoms with Crippen LogP contribution in [0.25, 0.3) is 0 Å². The molecule has 80 valence electrons. The second-order valence-electron chi connectivity index (χ2n) is 3.41. The van der Waals surface area contributed by atoms with E-state index in [2.05, 4.69) is 17.2 Å². The molecule has 1 heterocycles. The first-order valence-electron chi connectivity index (χ1n) is 5.13. The van der Waals surface area contributed by atoms with Crippen molar-refractivity contribution in [3.05, 3.63) is 23.9 Å². The van der Waals surface area contributed by atoms with Gasteiger partial charge >= 0.3 is 0 Å². The Morgan fingerprint density at radius 1 is 1.60 bits per heavy atom. The third-order valence-corrected chi connectivity index (χ3v) is 2.17. The summed E-state index contributed by atoms with van der Waals surface area (Å²) in [5, 5.41) is 11.8. The molecule has 1 aromatic heterocycles. The van der Waals surface area contributed by atoms with Crippen molar-refractivity contribution in [2.75, 3.05) is 11.9 Å². The molecule has 1 aromatic rings. The van der Waals surface area contributed by atoms with Gasteiger partial charge in [-0.05, 0) is 18.6 Å². The lowest BCUT2D eigenvalue weighted by molar-refractivity contribution is 0.646. The summed E-state index contributed by atoms with van der Waals surface area (Å²) in [4.78, 5) is 4.13. The van der Waals surface area contributed by atoms with Crippen LogP contribution in [0.5, 0.6) is 0 Å². The molecule has 3 N–H and O–H groups in total. The molecule has 0 amide bonds. The van der Waals surface area contributed by atoms with Gasteiger partial charge in [-0.15, -0.1) is 0 Å². The van der Waals surface area contributed by atoms with E-state index in [4.69, 9.17) is 11.0 Å². The molecule has 0 saturated heterocycles. The first kappa shape index (κ1) is 11.5. The monoisotopic (exact) mass is 204 g/mol. The van der Waals surface area contributed by atoms with Crippen LogP contribution in [0.2, 0.25) is 0 Å². The number of aromatic nitrogens is 1. The average Bonchev–Trinajstić information content (AvgIpc) is 2.29. The van der Waals surface area contributed by atoms with Crippen molar-refractivity contribution in [2.24, 2.45) is 5.73 Å². The third kappa shape index (κ3) is 3.56. The molecule has 4 heteroatoms. The number of nitrogens with zero attached hydrogens (tertiary/aromatic N) is 2. The number of anilines is 1. The third-order valence-electron chi connectivity index (χ3n) is 2.17. The van der Waals surface area contributed by atoms with Gasteiger partial charge in [0.15, 0.2) is 0 Å². The van der Waals surface area contributed by atoms with Gasteiger partial charge in [0.1, 0.15) is 11.9 Å². The largest absolute Gasteiger partial charge is 0.366 e. The maximum absolute atomic E-state index is 8.61. The van der Waals surface area contributed by atoms with Gasteiger partial charge in [-0.25, -0.2) is 4.98 Å². The lowest BCUT2D eigenvalue weighted by atomic mass is 10.1. The normalized spacial score (nSPS) is 11.8. The van der Waals surface area contributed by atoms with Crippen molar-refractivity contribution < 1.29 is 0 Å². The Morgan fingerprint density at radius 2 is 2.40 bits per heavy atom. The van der Waals surface area contributed by atoms with Crippen LogP contribution in [0.4, 0.5) is 5.82 Å². The summed E-state index contributed by atoms with van der Waals surface area (Å²) in [7, 11) is 0. The number of nitrogens with two attached hydrogens (primary N) is 1. The highest BCUT2D eigenvalue weighted by Gasteiger charge is 2.05. The molecule has 0 spiro atoms. The van der Waals surface area contributed by atoms with E-state index in [0.717, 1.165) is 18.7 Å². The van der Waals surface area contributed by atoms with Crippen LogP contribution in [-0.2, 0) is 0 Å². The molecule has 4 nitrogen and oxygen atoms in total. The molecule has 0 bridgehead atoms. The van der Waals surface area contributed by atoms with E-state index in [1.54, 1.807) is 18.3 Å². The molecular formula is C11H16N4. The minimum Gasteiger partial charge on any atom is -0.366 e. The predicted octanol–water partition coefficient (Wildman–Crippen LogP) is 1.49. The molecule has 0 fully saturated rings. The van der Waals surface area contributed by atoms with Gasteiger partial charge in [0.05, 0.1) is 5.56 Å². The highest BCUT2D eigenvalue weighted by atomic mass is 15.0. The minimum atomic E-state index is 0.260. The topological polar surface area (TPSA) is 74.7 Å². The number of hydrogen-bond donors (Lipinski definition) is 2. The van der Waals surface area contributed by atoms with Gasteiger partial charge in [-0.2, -0.15) is 5.26 Å². The maximum Gasteiger partial charge on any atom is 0.126 e. The summed E-state index contributed by atoms with van der Waals surface area (Å²) in [6, 6.07) is 5.84. The molecule has 15 heavy (non-hydrogen) atoms. The molecule has 0 radical (unpaired) electrons. The summed E-state index contributed by atoms with van der Waals surface area (Å²) >= 11 is 0. The van der Waals surface area contributed by atoms with Crippen molar-refractivity contribution in [1.29, 1.82) is 5.26 Å². The molecule has 0 aromatic carbocycles. The number of nitriles is 1. The molecule has 1 unspecified atom stereocenters. The summed E-state index contributed by atoms with van der Waals surface area (Å²) < 4.78 is 0. The lowest BCUT2D eigenvalue weighted by Crippen LogP contribution is -2.28. The van der Waals surface area contributed by atoms with E-state index in [1.165, 1.54) is 0 Å². The summed E-state index contributed by atoms with van der Waals surface area (Å²) in [5.41, 5.74) is 6.19. The molecule has 0 saturated carbocycles. The van der Waals surface area contributed by atoms with E-state index >= 15 is 0 Å². The fourth-order valence-corrected chi connectivity index (χ4v) is 1.35. The summed E-state index contributed by atoms with van der Waals surface area (Å²) in [6.07, 6.45) is 3.67. The fourth-order valence-electron chi connectivity index (χ4n) is 1.35. The zero-order chi connectivity index (χ0) is 11.1. The number of nitrogens with one attached hydrogen (secondary N) is 1. The second-order valence-corrected chi connectivity index (χ2v) is 3.41. The zero-order valence-electron chi connectivity index (χ0n) is 8.90. The first-order valence-corrected chi connectivity index (χ1v) is 5.13. The Balaban J connectivity index is 2.59. The smallest absolute Gasteiger partial charge is 0.126 e. The van der Waals surface area contributed by atoms with E-state index in [-0.39, 0.29) is 6.04 Å². The van der Waals surface area contributed by atoms with E-state index in [9.17, 15) is 0 Å². The van der Waals surface area contributed by atoms with Crippen molar-refractivity contribution in [3.8, 4) is 6.07 Å². The standard InChI is InChI=1S/C11H16N4/c1-2-3-10(7-13)15-11-5-4-9(6-12)8-14-11/h4-5,8,10H,2-3,7,13H2,1H3,(H,14,15). The van der Waals surface area contributed by atoms with E-state index in [1.807, 2.05) is 6.07 Å². The van der Waals surface area contributed by atoms with Gasteiger partial charge in [0.2, 0.25) is 0 Å². The molecule has 0 aliphatic heterocycles. The first-order chi connectivity index (χ1) is 7.30. The van der Waals surface area contributed by atoms with Crippen LogP contribution in [-0.4, -0.2) is 17.6 Å². The Labute approximate surface area is 90.1 Å². The molecule has 1 rings (SSSR count). The highest BCUT2D eigenvalue weighted by molar-refractivity contribution is 5.39. The summed E-state index contributed by atoms with van der Waals surface area (Å²) in [6.45, 7) is 2.71. The van der Waals surface area contributed by atoms with Crippen LogP contribution in [0, 0.1) is 11.3 Å². The van der Waals surface area contributed by atoms with Crippen molar-refractivity contribution >= 4 is 5.82 Å². The van der Waals surface area contributed by atoms with Crippen LogP contribution < -0.4 is 11.1 Å². The minimum absolute atomic E-state index is 0.260. The number of hydrogen-bond acceptors (Lipinski definition) is 4.